The molecular weight excluding hydrogens is 447 g/mol. The lowest BCUT2D eigenvalue weighted by Crippen LogP contribution is -2.21. The molecule has 0 saturated heterocycles. The third kappa shape index (κ3) is 5.00. The lowest BCUT2D eigenvalue weighted by Gasteiger charge is -2.33. The summed E-state index contributed by atoms with van der Waals surface area (Å²) in [5, 5.41) is 18.0. The molecular formula is C28H25FN2O2S. The first-order valence-electron chi connectivity index (χ1n) is 11.3. The number of hydrogen-bond acceptors (Lipinski definition) is 4. The SMILES string of the molecule is CCCCCCN1c2ccccc2Sc2cc(-c3ccc(/C=C(\C#N)C(=O)O)c(F)c3)ccc21. The molecule has 0 amide bonds. The van der Waals surface area contributed by atoms with Crippen LogP contribution in [-0.4, -0.2) is 17.6 Å². The lowest BCUT2D eigenvalue weighted by atomic mass is 10.0. The van der Waals surface area contributed by atoms with Crippen LogP contribution in [-0.2, 0) is 4.79 Å². The fourth-order valence-electron chi connectivity index (χ4n) is 4.07. The fourth-order valence-corrected chi connectivity index (χ4v) is 5.21. The first-order chi connectivity index (χ1) is 16.5. The molecule has 0 unspecified atom stereocenters. The normalized spacial score (nSPS) is 12.6. The van der Waals surface area contributed by atoms with Gasteiger partial charge >= 0.3 is 5.97 Å². The fraction of sp³-hybridized carbons (Fsp3) is 0.214. The number of carboxylic acid groups (broad SMARTS) is 1. The summed E-state index contributed by atoms with van der Waals surface area (Å²) >= 11 is 1.71. The quantitative estimate of drug-likeness (QED) is 0.207. The highest BCUT2D eigenvalue weighted by Gasteiger charge is 2.23. The van der Waals surface area contributed by atoms with Gasteiger partial charge in [0, 0.05) is 21.9 Å². The molecule has 0 radical (unpaired) electrons. The van der Waals surface area contributed by atoms with E-state index in [0.717, 1.165) is 35.2 Å². The summed E-state index contributed by atoms with van der Waals surface area (Å²) in [6.45, 7) is 3.16. The summed E-state index contributed by atoms with van der Waals surface area (Å²) in [5.74, 6) is -1.95. The average Bonchev–Trinajstić information content (AvgIpc) is 2.84. The Morgan fingerprint density at radius 1 is 1.03 bits per heavy atom. The third-order valence-electron chi connectivity index (χ3n) is 5.85. The number of aliphatic carboxylic acids is 1. The molecule has 34 heavy (non-hydrogen) atoms. The number of carboxylic acids is 1. The van der Waals surface area contributed by atoms with Crippen molar-refractivity contribution in [2.45, 2.75) is 42.4 Å². The van der Waals surface area contributed by atoms with Crippen LogP contribution in [0.4, 0.5) is 15.8 Å². The number of hydrogen-bond donors (Lipinski definition) is 1. The number of nitriles is 1. The van der Waals surface area contributed by atoms with Crippen LogP contribution in [0.5, 0.6) is 0 Å². The van der Waals surface area contributed by atoms with Gasteiger partial charge in [0.1, 0.15) is 17.5 Å². The molecule has 0 bridgehead atoms. The second kappa shape index (κ2) is 10.6. The summed E-state index contributed by atoms with van der Waals surface area (Å²) < 4.78 is 14.7. The number of halogens is 1. The van der Waals surface area contributed by atoms with Crippen molar-refractivity contribution in [3.63, 3.8) is 0 Å². The zero-order valence-electron chi connectivity index (χ0n) is 18.9. The number of nitrogens with zero attached hydrogens (tertiary/aromatic N) is 2. The van der Waals surface area contributed by atoms with Gasteiger partial charge in [0.25, 0.3) is 0 Å². The van der Waals surface area contributed by atoms with Crippen LogP contribution in [0.3, 0.4) is 0 Å². The van der Waals surface area contributed by atoms with E-state index in [4.69, 9.17) is 10.4 Å². The summed E-state index contributed by atoms with van der Waals surface area (Å²) in [6, 6.07) is 20.8. The van der Waals surface area contributed by atoms with Crippen molar-refractivity contribution in [2.75, 3.05) is 11.4 Å². The second-order valence-electron chi connectivity index (χ2n) is 8.18. The highest BCUT2D eigenvalue weighted by Crippen LogP contribution is 2.49. The van der Waals surface area contributed by atoms with E-state index in [1.807, 2.05) is 12.1 Å². The van der Waals surface area contributed by atoms with Gasteiger partial charge in [-0.15, -0.1) is 0 Å². The van der Waals surface area contributed by atoms with E-state index in [-0.39, 0.29) is 5.56 Å². The summed E-state index contributed by atoms with van der Waals surface area (Å²) in [6.07, 6.45) is 5.80. The van der Waals surface area contributed by atoms with Crippen molar-refractivity contribution in [1.29, 1.82) is 5.26 Å². The first kappa shape index (κ1) is 23.6. The highest BCUT2D eigenvalue weighted by atomic mass is 32.2. The molecule has 1 N–H and O–H groups in total. The van der Waals surface area contributed by atoms with E-state index in [2.05, 4.69) is 42.2 Å². The number of benzene rings is 3. The number of rotatable bonds is 8. The smallest absolute Gasteiger partial charge is 0.346 e. The molecule has 1 aliphatic heterocycles. The lowest BCUT2D eigenvalue weighted by molar-refractivity contribution is -0.132. The zero-order chi connectivity index (χ0) is 24.1. The van der Waals surface area contributed by atoms with Gasteiger partial charge in [-0.3, -0.25) is 0 Å². The molecule has 4 nitrogen and oxygen atoms in total. The summed E-state index contributed by atoms with van der Waals surface area (Å²) in [4.78, 5) is 15.8. The number of anilines is 2. The van der Waals surface area contributed by atoms with E-state index < -0.39 is 17.4 Å². The predicted molar refractivity (Wildman–Crippen MR) is 135 cm³/mol. The Kier molecular flexibility index (Phi) is 7.34. The number of fused-ring (bicyclic) bond motifs is 2. The van der Waals surface area contributed by atoms with Crippen molar-refractivity contribution in [1.82, 2.24) is 0 Å². The molecule has 4 rings (SSSR count). The van der Waals surface area contributed by atoms with Crippen molar-refractivity contribution in [3.8, 4) is 17.2 Å². The Bertz CT molecular complexity index is 1300. The van der Waals surface area contributed by atoms with Gasteiger partial charge in [0.15, 0.2) is 0 Å². The van der Waals surface area contributed by atoms with Crippen LogP contribution in [0.2, 0.25) is 0 Å². The van der Waals surface area contributed by atoms with Crippen LogP contribution in [0, 0.1) is 17.1 Å². The number of para-hydroxylation sites is 1. The molecule has 0 fully saturated rings. The highest BCUT2D eigenvalue weighted by molar-refractivity contribution is 7.99. The standard InChI is InChI=1S/C28H25FN2O2S/c1-2-3-4-7-14-31-24-8-5-6-9-26(24)34-27-17-20(12-13-25(27)31)19-10-11-21(23(29)16-19)15-22(18-30)28(32)33/h5-6,8-13,15-17H,2-4,7,14H2,1H3,(H,32,33)/b22-15+. The molecule has 1 aliphatic rings. The minimum Gasteiger partial charge on any atom is -0.477 e. The molecule has 0 atom stereocenters. The zero-order valence-corrected chi connectivity index (χ0v) is 19.7. The van der Waals surface area contributed by atoms with Crippen LogP contribution in [0.15, 0.2) is 76.0 Å². The van der Waals surface area contributed by atoms with Gasteiger partial charge in [-0.2, -0.15) is 5.26 Å². The second-order valence-corrected chi connectivity index (χ2v) is 9.26. The largest absolute Gasteiger partial charge is 0.477 e. The monoisotopic (exact) mass is 472 g/mol. The minimum atomic E-state index is -1.38. The van der Waals surface area contributed by atoms with Crippen molar-refractivity contribution in [2.24, 2.45) is 0 Å². The Hall–Kier alpha value is -3.56. The van der Waals surface area contributed by atoms with E-state index in [1.165, 1.54) is 42.0 Å². The molecule has 6 heteroatoms. The molecule has 0 spiro atoms. The van der Waals surface area contributed by atoms with Gasteiger partial charge < -0.3 is 10.0 Å². The van der Waals surface area contributed by atoms with Crippen LogP contribution in [0.1, 0.15) is 38.2 Å². The van der Waals surface area contributed by atoms with Gasteiger partial charge in [-0.05, 0) is 54.0 Å². The van der Waals surface area contributed by atoms with E-state index in [1.54, 1.807) is 23.9 Å². The van der Waals surface area contributed by atoms with E-state index in [0.29, 0.717) is 5.56 Å². The molecule has 0 aliphatic carbocycles. The predicted octanol–water partition coefficient (Wildman–Crippen LogP) is 7.67. The Labute approximate surface area is 203 Å². The average molecular weight is 473 g/mol. The molecule has 0 aromatic heterocycles. The molecule has 3 aromatic rings. The Morgan fingerprint density at radius 2 is 1.76 bits per heavy atom. The van der Waals surface area contributed by atoms with Gasteiger partial charge in [-0.1, -0.05) is 68.3 Å². The van der Waals surface area contributed by atoms with E-state index in [9.17, 15) is 9.18 Å². The number of carbonyl (C=O) groups is 1. The van der Waals surface area contributed by atoms with Crippen molar-refractivity contribution < 1.29 is 14.3 Å². The summed E-state index contributed by atoms with van der Waals surface area (Å²) in [5.41, 5.74) is 3.52. The minimum absolute atomic E-state index is 0.0715. The Morgan fingerprint density at radius 3 is 2.50 bits per heavy atom. The first-order valence-corrected chi connectivity index (χ1v) is 12.2. The van der Waals surface area contributed by atoms with Crippen LogP contribution >= 0.6 is 11.8 Å². The Balaban J connectivity index is 1.66. The van der Waals surface area contributed by atoms with Gasteiger partial charge in [0.2, 0.25) is 0 Å². The maximum atomic E-state index is 14.7. The van der Waals surface area contributed by atoms with Crippen molar-refractivity contribution in [3.05, 3.63) is 77.6 Å². The van der Waals surface area contributed by atoms with Crippen LogP contribution < -0.4 is 4.90 Å². The van der Waals surface area contributed by atoms with Gasteiger partial charge in [0.05, 0.1) is 11.4 Å². The molecule has 1 heterocycles. The third-order valence-corrected chi connectivity index (χ3v) is 6.96. The topological polar surface area (TPSA) is 64.3 Å². The maximum absolute atomic E-state index is 14.7. The molecule has 0 saturated carbocycles. The van der Waals surface area contributed by atoms with E-state index >= 15 is 0 Å². The number of unbranched alkanes of at least 4 members (excludes halogenated alkanes) is 3. The van der Waals surface area contributed by atoms with Crippen molar-refractivity contribution >= 4 is 35.2 Å². The maximum Gasteiger partial charge on any atom is 0.346 e. The summed E-state index contributed by atoms with van der Waals surface area (Å²) in [7, 11) is 0. The van der Waals surface area contributed by atoms with Gasteiger partial charge in [-0.25, -0.2) is 9.18 Å². The molecule has 172 valence electrons. The van der Waals surface area contributed by atoms with Crippen LogP contribution in [0.25, 0.3) is 17.2 Å². The molecule has 3 aromatic carbocycles.